The molecule has 1 aliphatic rings. The van der Waals surface area contributed by atoms with Crippen LogP contribution in [0, 0.1) is 0 Å². The highest BCUT2D eigenvalue weighted by molar-refractivity contribution is 6.52. The van der Waals surface area contributed by atoms with Gasteiger partial charge in [0, 0.05) is 30.7 Å². The van der Waals surface area contributed by atoms with E-state index in [9.17, 15) is 9.59 Å². The third kappa shape index (κ3) is 7.44. The van der Waals surface area contributed by atoms with Gasteiger partial charge in [-0.3, -0.25) is 0 Å². The topological polar surface area (TPSA) is 61.8 Å². The number of esters is 2. The van der Waals surface area contributed by atoms with Gasteiger partial charge in [0.15, 0.2) is 9.04 Å². The molecule has 0 spiro atoms. The predicted molar refractivity (Wildman–Crippen MR) is 96.2 cm³/mol. The van der Waals surface area contributed by atoms with E-state index in [0.717, 1.165) is 44.2 Å². The molecule has 0 radical (unpaired) electrons. The first kappa shape index (κ1) is 20.6. The van der Waals surface area contributed by atoms with Gasteiger partial charge < -0.3 is 13.9 Å². The molecular formula is C18H30O5Si. The second-order valence-electron chi connectivity index (χ2n) is 6.12. The number of hydrogen-bond donors (Lipinski definition) is 0. The van der Waals surface area contributed by atoms with Crippen LogP contribution in [0.5, 0.6) is 0 Å². The van der Waals surface area contributed by atoms with Crippen LogP contribution in [0.1, 0.15) is 46.0 Å². The van der Waals surface area contributed by atoms with Gasteiger partial charge in [-0.05, 0) is 25.3 Å². The highest BCUT2D eigenvalue weighted by Gasteiger charge is 2.29. The fourth-order valence-electron chi connectivity index (χ4n) is 2.94. The van der Waals surface area contributed by atoms with E-state index < -0.39 is 9.04 Å². The lowest BCUT2D eigenvalue weighted by molar-refractivity contribution is -0.144. The van der Waals surface area contributed by atoms with Gasteiger partial charge in [0.1, 0.15) is 12.2 Å². The predicted octanol–water partition coefficient (Wildman–Crippen LogP) is 3.29. The largest absolute Gasteiger partial charge is 0.459 e. The van der Waals surface area contributed by atoms with Gasteiger partial charge in [0.2, 0.25) is 0 Å². The first-order valence-corrected chi connectivity index (χ1v) is 10.9. The van der Waals surface area contributed by atoms with E-state index in [-0.39, 0.29) is 30.3 Å². The molecule has 136 valence electrons. The van der Waals surface area contributed by atoms with E-state index in [1.165, 1.54) is 12.2 Å². The van der Waals surface area contributed by atoms with Crippen molar-refractivity contribution < 1.29 is 23.5 Å². The Morgan fingerprint density at radius 2 is 1.75 bits per heavy atom. The molecule has 1 saturated heterocycles. The van der Waals surface area contributed by atoms with Crippen molar-refractivity contribution in [3.05, 3.63) is 25.3 Å². The van der Waals surface area contributed by atoms with Crippen molar-refractivity contribution in [2.75, 3.05) is 0 Å². The number of ether oxygens (including phenoxy) is 2. The molecule has 1 aliphatic heterocycles. The standard InChI is InChI=1S/C18H30O5Si/c1-5-14(21-17(19)7-3)12-16-10-9-11-24(23-16)13-15(6-2)22-18(20)8-4/h7-8,14-16,24H,3-6,9-13H2,1-2H3. The number of hydrogen-bond acceptors (Lipinski definition) is 5. The van der Waals surface area contributed by atoms with E-state index in [2.05, 4.69) is 13.2 Å². The lowest BCUT2D eigenvalue weighted by Gasteiger charge is -2.32. The molecule has 1 fully saturated rings. The van der Waals surface area contributed by atoms with Gasteiger partial charge in [0.05, 0.1) is 0 Å². The minimum Gasteiger partial charge on any atom is -0.459 e. The third-order valence-electron chi connectivity index (χ3n) is 4.30. The monoisotopic (exact) mass is 354 g/mol. The highest BCUT2D eigenvalue weighted by atomic mass is 28.3. The lowest BCUT2D eigenvalue weighted by Crippen LogP contribution is -2.36. The van der Waals surface area contributed by atoms with Crippen LogP contribution in [0.25, 0.3) is 0 Å². The van der Waals surface area contributed by atoms with Crippen LogP contribution in [-0.4, -0.2) is 39.3 Å². The SMILES string of the molecule is C=CC(=O)OC(CC)CC1CCC[SiH](CC(CC)OC(=O)C=C)O1. The van der Waals surface area contributed by atoms with Crippen molar-refractivity contribution >= 4 is 21.0 Å². The Morgan fingerprint density at radius 3 is 2.29 bits per heavy atom. The van der Waals surface area contributed by atoms with Crippen molar-refractivity contribution in [2.24, 2.45) is 0 Å². The second-order valence-corrected chi connectivity index (χ2v) is 8.69. The zero-order valence-electron chi connectivity index (χ0n) is 14.9. The van der Waals surface area contributed by atoms with E-state index >= 15 is 0 Å². The van der Waals surface area contributed by atoms with Gasteiger partial charge in [-0.1, -0.05) is 33.4 Å². The average molecular weight is 355 g/mol. The molecule has 1 heterocycles. The summed E-state index contributed by atoms with van der Waals surface area (Å²) in [6, 6.07) is 1.93. The van der Waals surface area contributed by atoms with Gasteiger partial charge in [-0.25, -0.2) is 9.59 Å². The molecule has 0 aromatic carbocycles. The van der Waals surface area contributed by atoms with E-state index in [0.29, 0.717) is 0 Å². The fraction of sp³-hybridized carbons (Fsp3) is 0.667. The van der Waals surface area contributed by atoms with Gasteiger partial charge in [-0.15, -0.1) is 0 Å². The normalized spacial score (nSPS) is 22.9. The van der Waals surface area contributed by atoms with E-state index in [4.69, 9.17) is 13.9 Å². The van der Waals surface area contributed by atoms with E-state index in [1.807, 2.05) is 13.8 Å². The molecule has 0 aliphatic carbocycles. The van der Waals surface area contributed by atoms with Crippen LogP contribution < -0.4 is 0 Å². The van der Waals surface area contributed by atoms with Crippen molar-refractivity contribution in [2.45, 2.75) is 76.4 Å². The molecule has 6 heteroatoms. The number of carbonyl (C=O) groups excluding carboxylic acids is 2. The Bertz CT molecular complexity index is 399. The third-order valence-corrected chi connectivity index (χ3v) is 7.17. The molecule has 0 amide bonds. The molecule has 0 aromatic rings. The maximum absolute atomic E-state index is 11.4. The van der Waals surface area contributed by atoms with Gasteiger partial charge >= 0.3 is 11.9 Å². The first-order chi connectivity index (χ1) is 11.5. The summed E-state index contributed by atoms with van der Waals surface area (Å²) < 4.78 is 17.0. The Hall–Kier alpha value is -1.40. The van der Waals surface area contributed by atoms with Crippen molar-refractivity contribution in [3.8, 4) is 0 Å². The van der Waals surface area contributed by atoms with Crippen LogP contribution in [0.2, 0.25) is 12.1 Å². The number of carbonyl (C=O) groups is 2. The summed E-state index contributed by atoms with van der Waals surface area (Å²) in [6.45, 7) is 10.9. The van der Waals surface area contributed by atoms with Crippen LogP contribution in [-0.2, 0) is 23.5 Å². The zero-order chi connectivity index (χ0) is 17.9. The molecule has 0 aromatic heterocycles. The van der Waals surface area contributed by atoms with Crippen molar-refractivity contribution in [1.82, 2.24) is 0 Å². The first-order valence-electron chi connectivity index (χ1n) is 8.83. The quantitative estimate of drug-likeness (QED) is 0.342. The smallest absolute Gasteiger partial charge is 0.330 e. The lowest BCUT2D eigenvalue weighted by atomic mass is 10.1. The maximum atomic E-state index is 11.4. The van der Waals surface area contributed by atoms with Crippen LogP contribution >= 0.6 is 0 Å². The average Bonchev–Trinajstić information content (AvgIpc) is 2.60. The molecule has 1 rings (SSSR count). The zero-order valence-corrected chi connectivity index (χ0v) is 16.0. The highest BCUT2D eigenvalue weighted by Crippen LogP contribution is 2.26. The molecular weight excluding hydrogens is 324 g/mol. The Balaban J connectivity index is 2.50. The van der Waals surface area contributed by atoms with E-state index in [1.54, 1.807) is 0 Å². The van der Waals surface area contributed by atoms with Gasteiger partial charge in [-0.2, -0.15) is 0 Å². The summed E-state index contributed by atoms with van der Waals surface area (Å²) in [6.07, 6.45) is 6.70. The summed E-state index contributed by atoms with van der Waals surface area (Å²) in [7, 11) is -1.41. The Morgan fingerprint density at radius 1 is 1.17 bits per heavy atom. The molecule has 5 nitrogen and oxygen atoms in total. The Kier molecular flexibility index (Phi) is 9.64. The number of rotatable bonds is 10. The summed E-state index contributed by atoms with van der Waals surface area (Å²) in [5.74, 6) is -0.751. The van der Waals surface area contributed by atoms with Crippen LogP contribution in [0.15, 0.2) is 25.3 Å². The minimum atomic E-state index is -1.41. The Labute approximate surface area is 146 Å². The fourth-order valence-corrected chi connectivity index (χ4v) is 5.92. The maximum Gasteiger partial charge on any atom is 0.330 e. The molecule has 0 N–H and O–H groups in total. The summed E-state index contributed by atoms with van der Waals surface area (Å²) in [4.78, 5) is 22.8. The minimum absolute atomic E-state index is 0.0912. The molecule has 24 heavy (non-hydrogen) atoms. The summed E-state index contributed by atoms with van der Waals surface area (Å²) >= 11 is 0. The summed E-state index contributed by atoms with van der Waals surface area (Å²) in [5, 5.41) is 0. The molecule has 4 unspecified atom stereocenters. The van der Waals surface area contributed by atoms with Crippen molar-refractivity contribution in [3.63, 3.8) is 0 Å². The molecule has 4 atom stereocenters. The molecule has 0 bridgehead atoms. The van der Waals surface area contributed by atoms with Crippen molar-refractivity contribution in [1.29, 1.82) is 0 Å². The summed E-state index contributed by atoms with van der Waals surface area (Å²) in [5.41, 5.74) is 0. The van der Waals surface area contributed by atoms with Crippen LogP contribution in [0.4, 0.5) is 0 Å². The van der Waals surface area contributed by atoms with Gasteiger partial charge in [0.25, 0.3) is 0 Å². The second kappa shape index (κ2) is 11.2. The molecule has 0 saturated carbocycles. The van der Waals surface area contributed by atoms with Crippen LogP contribution in [0.3, 0.4) is 0 Å².